The number of nitrogens with two attached hydrogens (primary N) is 1. The summed E-state index contributed by atoms with van der Waals surface area (Å²) < 4.78 is 31.1. The summed E-state index contributed by atoms with van der Waals surface area (Å²) in [5, 5.41) is 5.88. The topological polar surface area (TPSA) is 104 Å². The van der Waals surface area contributed by atoms with Crippen LogP contribution < -0.4 is 9.88 Å². The molecule has 0 saturated heterocycles. The van der Waals surface area contributed by atoms with Gasteiger partial charge in [0.05, 0.1) is 33.3 Å². The van der Waals surface area contributed by atoms with Gasteiger partial charge >= 0.3 is 0 Å². The van der Waals surface area contributed by atoms with Gasteiger partial charge in [0.2, 0.25) is 10.0 Å². The van der Waals surface area contributed by atoms with E-state index in [-0.39, 0.29) is 16.4 Å². The molecule has 7 nitrogen and oxygen atoms in total. The molecule has 2 N–H and O–H groups in total. The van der Waals surface area contributed by atoms with Crippen LogP contribution in [0.2, 0.25) is 0 Å². The van der Waals surface area contributed by atoms with Crippen LogP contribution in [-0.2, 0) is 16.6 Å². The number of nitrogens with zero attached hydrogens (tertiary/aromatic N) is 2. The van der Waals surface area contributed by atoms with Crippen LogP contribution in [0.15, 0.2) is 50.9 Å². The van der Waals surface area contributed by atoms with Gasteiger partial charge in [0, 0.05) is 12.1 Å². The van der Waals surface area contributed by atoms with Crippen LogP contribution >= 0.6 is 27.7 Å². The number of Topliss-reactive ketones (excluding diaryl/α,β-unsaturated/α-hetero) is 1. The molecule has 3 aromatic rings. The lowest BCUT2D eigenvalue weighted by Gasteiger charge is -2.08. The van der Waals surface area contributed by atoms with Crippen molar-refractivity contribution in [3.8, 4) is 5.75 Å². The fourth-order valence-corrected chi connectivity index (χ4v) is 4.88. The molecule has 0 aliphatic carbocycles. The number of methoxy groups -OCH3 is 1. The third-order valence-electron chi connectivity index (χ3n) is 4.27. The normalized spacial score (nSPS) is 11.7. The Bertz CT molecular complexity index is 1180. The largest absolute Gasteiger partial charge is 0.496 e. The summed E-state index contributed by atoms with van der Waals surface area (Å²) in [5.41, 5.74) is 1.91. The minimum atomic E-state index is -3.81. The van der Waals surface area contributed by atoms with E-state index in [1.54, 1.807) is 31.4 Å². The highest BCUT2D eigenvalue weighted by atomic mass is 79.9. The molecule has 1 heterocycles. The van der Waals surface area contributed by atoms with E-state index in [0.29, 0.717) is 33.0 Å². The van der Waals surface area contributed by atoms with Crippen molar-refractivity contribution >= 4 is 54.5 Å². The van der Waals surface area contributed by atoms with Gasteiger partial charge in [-0.05, 0) is 58.7 Å². The number of imidazole rings is 1. The number of hydrogen-bond donors (Lipinski definition) is 1. The highest BCUT2D eigenvalue weighted by Gasteiger charge is 2.17. The minimum Gasteiger partial charge on any atom is -0.496 e. The van der Waals surface area contributed by atoms with Crippen LogP contribution in [0.4, 0.5) is 0 Å². The Kier molecular flexibility index (Phi) is 6.67. The minimum absolute atomic E-state index is 0.0156. The summed E-state index contributed by atoms with van der Waals surface area (Å²) in [6, 6.07) is 9.83. The van der Waals surface area contributed by atoms with Gasteiger partial charge in [0.25, 0.3) is 0 Å². The van der Waals surface area contributed by atoms with Gasteiger partial charge in [-0.2, -0.15) is 0 Å². The van der Waals surface area contributed by atoms with Crippen molar-refractivity contribution in [3.63, 3.8) is 0 Å². The van der Waals surface area contributed by atoms with Gasteiger partial charge in [-0.3, -0.25) is 4.79 Å². The highest BCUT2D eigenvalue weighted by molar-refractivity contribution is 9.10. The maximum atomic E-state index is 12.6. The number of aryl methyl sites for hydroxylation is 1. The number of sulfonamides is 1. The zero-order valence-corrected chi connectivity index (χ0v) is 19.1. The summed E-state index contributed by atoms with van der Waals surface area (Å²) in [4.78, 5) is 17.2. The number of fused-ring (bicyclic) bond motifs is 1. The molecule has 0 atom stereocenters. The Morgan fingerprint density at radius 1 is 1.28 bits per heavy atom. The first-order valence-corrected chi connectivity index (χ1v) is 12.1. The predicted molar refractivity (Wildman–Crippen MR) is 117 cm³/mol. The standard InChI is InChI=1S/C19H20BrN3O4S2/c1-3-8-23-16-6-5-13(29(21,25)26)10-15(16)22-19(23)28-11-17(24)12-4-7-18(27-2)14(20)9-12/h4-7,9-10H,3,8,11H2,1-2H3,(H2,21,25,26). The average molecular weight is 498 g/mol. The van der Waals surface area contributed by atoms with E-state index in [1.165, 1.54) is 23.9 Å². The van der Waals surface area contributed by atoms with Crippen LogP contribution in [-0.4, -0.2) is 36.6 Å². The lowest BCUT2D eigenvalue weighted by molar-refractivity contribution is 0.102. The van der Waals surface area contributed by atoms with Gasteiger partial charge in [-0.25, -0.2) is 18.5 Å². The first kappa shape index (κ1) is 21.8. The van der Waals surface area contributed by atoms with Crippen molar-refractivity contribution in [2.24, 2.45) is 5.14 Å². The third-order valence-corrected chi connectivity index (χ3v) is 6.77. The van der Waals surface area contributed by atoms with E-state index in [9.17, 15) is 13.2 Å². The fraction of sp³-hybridized carbons (Fsp3) is 0.263. The zero-order chi connectivity index (χ0) is 21.2. The van der Waals surface area contributed by atoms with Gasteiger partial charge < -0.3 is 9.30 Å². The van der Waals surface area contributed by atoms with Crippen LogP contribution in [0.25, 0.3) is 11.0 Å². The molecule has 1 aromatic heterocycles. The Morgan fingerprint density at radius 2 is 2.03 bits per heavy atom. The number of ketones is 1. The van der Waals surface area contributed by atoms with Crippen LogP contribution in [0.1, 0.15) is 23.7 Å². The van der Waals surface area contributed by atoms with E-state index >= 15 is 0 Å². The van der Waals surface area contributed by atoms with Crippen LogP contribution in [0, 0.1) is 0 Å². The number of ether oxygens (including phenoxy) is 1. The molecular weight excluding hydrogens is 478 g/mol. The number of hydrogen-bond acceptors (Lipinski definition) is 6. The molecule has 0 saturated carbocycles. The Hall–Kier alpha value is -1.88. The van der Waals surface area contributed by atoms with Crippen LogP contribution in [0.5, 0.6) is 5.75 Å². The molecule has 0 bridgehead atoms. The Balaban J connectivity index is 1.87. The molecule has 29 heavy (non-hydrogen) atoms. The second-order valence-electron chi connectivity index (χ2n) is 6.30. The second-order valence-corrected chi connectivity index (χ2v) is 9.66. The maximum Gasteiger partial charge on any atom is 0.238 e. The van der Waals surface area contributed by atoms with Crippen molar-refractivity contribution in [1.29, 1.82) is 0 Å². The summed E-state index contributed by atoms with van der Waals surface area (Å²) in [6.45, 7) is 2.74. The number of carbonyl (C=O) groups is 1. The second kappa shape index (κ2) is 8.86. The summed E-state index contributed by atoms with van der Waals surface area (Å²) in [5.74, 6) is 0.816. The van der Waals surface area contributed by atoms with Crippen LogP contribution in [0.3, 0.4) is 0 Å². The predicted octanol–water partition coefficient (Wildman–Crippen LogP) is 3.84. The van der Waals surface area contributed by atoms with E-state index in [4.69, 9.17) is 9.88 Å². The zero-order valence-electron chi connectivity index (χ0n) is 15.9. The molecule has 0 aliphatic heterocycles. The summed E-state index contributed by atoms with van der Waals surface area (Å²) >= 11 is 4.71. The molecule has 2 aromatic carbocycles. The van der Waals surface area contributed by atoms with Gasteiger partial charge in [-0.1, -0.05) is 18.7 Å². The Labute approximate surface area is 181 Å². The first-order valence-electron chi connectivity index (χ1n) is 8.77. The van der Waals surface area contributed by atoms with E-state index in [1.807, 2.05) is 11.5 Å². The molecule has 0 amide bonds. The monoisotopic (exact) mass is 497 g/mol. The molecule has 0 fully saturated rings. The quantitative estimate of drug-likeness (QED) is 0.374. The molecule has 10 heteroatoms. The number of benzene rings is 2. The number of carbonyl (C=O) groups excluding carboxylic acids is 1. The fourth-order valence-electron chi connectivity index (χ4n) is 2.87. The van der Waals surface area contributed by atoms with Gasteiger partial charge in [0.15, 0.2) is 10.9 Å². The lowest BCUT2D eigenvalue weighted by Crippen LogP contribution is -2.11. The molecule has 0 aliphatic rings. The molecule has 3 rings (SSSR count). The summed E-state index contributed by atoms with van der Waals surface area (Å²) in [6.07, 6.45) is 0.870. The number of halogens is 1. The van der Waals surface area contributed by atoms with E-state index < -0.39 is 10.0 Å². The SMILES string of the molecule is CCCn1c(SCC(=O)c2ccc(OC)c(Br)c2)nc2cc(S(N)(=O)=O)ccc21. The van der Waals surface area contributed by atoms with Crippen molar-refractivity contribution in [2.75, 3.05) is 12.9 Å². The van der Waals surface area contributed by atoms with Gasteiger partial charge in [0.1, 0.15) is 5.75 Å². The van der Waals surface area contributed by atoms with E-state index in [0.717, 1.165) is 11.9 Å². The summed E-state index contributed by atoms with van der Waals surface area (Å²) in [7, 11) is -2.24. The number of primary sulfonamides is 1. The molecule has 0 unspecified atom stereocenters. The van der Waals surface area contributed by atoms with Crippen molar-refractivity contribution in [3.05, 3.63) is 46.4 Å². The third kappa shape index (κ3) is 4.82. The number of rotatable bonds is 8. The van der Waals surface area contributed by atoms with Crippen molar-refractivity contribution in [1.82, 2.24) is 9.55 Å². The molecule has 154 valence electrons. The van der Waals surface area contributed by atoms with Crippen molar-refractivity contribution < 1.29 is 17.9 Å². The maximum absolute atomic E-state index is 12.6. The van der Waals surface area contributed by atoms with E-state index in [2.05, 4.69) is 20.9 Å². The lowest BCUT2D eigenvalue weighted by atomic mass is 10.1. The number of thioether (sulfide) groups is 1. The smallest absolute Gasteiger partial charge is 0.238 e. The first-order chi connectivity index (χ1) is 13.7. The Morgan fingerprint density at radius 3 is 2.66 bits per heavy atom. The molecular formula is C19H20BrN3O4S2. The van der Waals surface area contributed by atoms with Crippen molar-refractivity contribution in [2.45, 2.75) is 29.9 Å². The average Bonchev–Trinajstić information content (AvgIpc) is 3.02. The number of aromatic nitrogens is 2. The molecule has 0 radical (unpaired) electrons. The van der Waals surface area contributed by atoms with Gasteiger partial charge in [-0.15, -0.1) is 0 Å². The molecule has 0 spiro atoms. The highest BCUT2D eigenvalue weighted by Crippen LogP contribution is 2.29.